The summed E-state index contributed by atoms with van der Waals surface area (Å²) in [5.74, 6) is -0.604. The normalized spacial score (nSPS) is 12.6. The number of unbranched alkanes of at least 4 members (excludes halogenated alkanes) is 25. The maximum atomic E-state index is 12.2. The zero-order valence-electron chi connectivity index (χ0n) is 35.0. The molecule has 0 saturated heterocycles. The second-order valence-corrected chi connectivity index (χ2v) is 15.1. The third-order valence-electron chi connectivity index (χ3n) is 9.85. The Kier molecular flexibility index (Phi) is 42.5. The molecule has 0 amide bonds. The molecule has 0 rings (SSSR count). The number of ether oxygens (including phenoxy) is 2. The highest BCUT2D eigenvalue weighted by atomic mass is 16.6. The predicted molar refractivity (Wildman–Crippen MR) is 228 cm³/mol. The molecule has 5 heteroatoms. The van der Waals surface area contributed by atoms with Crippen molar-refractivity contribution in [3.8, 4) is 0 Å². The van der Waals surface area contributed by atoms with E-state index in [1.807, 2.05) is 0 Å². The van der Waals surface area contributed by atoms with E-state index in [4.69, 9.17) is 9.47 Å². The summed E-state index contributed by atoms with van der Waals surface area (Å²) in [4.78, 5) is 24.3. The van der Waals surface area contributed by atoms with Crippen molar-refractivity contribution in [1.29, 1.82) is 0 Å². The molecule has 0 aliphatic heterocycles. The van der Waals surface area contributed by atoms with Crippen LogP contribution in [0.25, 0.3) is 0 Å². The topological polar surface area (TPSA) is 72.8 Å². The van der Waals surface area contributed by atoms with E-state index in [1.165, 1.54) is 141 Å². The molecule has 0 aromatic rings. The van der Waals surface area contributed by atoms with Crippen LogP contribution in [0.3, 0.4) is 0 Å². The minimum Gasteiger partial charge on any atom is -0.462 e. The van der Waals surface area contributed by atoms with E-state index >= 15 is 0 Å². The summed E-state index contributed by atoms with van der Waals surface area (Å²) in [5.41, 5.74) is 0. The fourth-order valence-electron chi connectivity index (χ4n) is 6.37. The van der Waals surface area contributed by atoms with Gasteiger partial charge in [-0.1, -0.05) is 191 Å². The minimum absolute atomic E-state index is 0.0730. The van der Waals surface area contributed by atoms with E-state index in [2.05, 4.69) is 62.5 Å². The maximum Gasteiger partial charge on any atom is 0.306 e. The molecule has 0 radical (unpaired) electrons. The first-order valence-electron chi connectivity index (χ1n) is 22.7. The molecule has 0 spiro atoms. The highest BCUT2D eigenvalue weighted by Gasteiger charge is 2.16. The first-order chi connectivity index (χ1) is 26.1. The summed E-state index contributed by atoms with van der Waals surface area (Å²) < 4.78 is 10.6. The number of aliphatic hydroxyl groups is 1. The van der Waals surface area contributed by atoms with E-state index < -0.39 is 6.10 Å². The minimum atomic E-state index is -0.777. The molecule has 0 saturated carbocycles. The second-order valence-electron chi connectivity index (χ2n) is 15.1. The molecule has 0 fully saturated rings. The summed E-state index contributed by atoms with van der Waals surface area (Å²) in [7, 11) is 0. The van der Waals surface area contributed by atoms with E-state index in [-0.39, 0.29) is 25.2 Å². The smallest absolute Gasteiger partial charge is 0.306 e. The van der Waals surface area contributed by atoms with Gasteiger partial charge in [-0.2, -0.15) is 0 Å². The molecule has 0 aromatic heterocycles. The van der Waals surface area contributed by atoms with Crippen LogP contribution in [0.4, 0.5) is 0 Å². The Morgan fingerprint density at radius 2 is 0.774 bits per heavy atom. The van der Waals surface area contributed by atoms with Gasteiger partial charge in [0.2, 0.25) is 0 Å². The van der Waals surface area contributed by atoms with Gasteiger partial charge in [0.25, 0.3) is 0 Å². The summed E-state index contributed by atoms with van der Waals surface area (Å²) in [6, 6.07) is 0. The number of carbonyl (C=O) groups is 2. The molecule has 0 aliphatic carbocycles. The Balaban J connectivity index is 3.51. The van der Waals surface area contributed by atoms with Crippen molar-refractivity contribution in [2.45, 2.75) is 232 Å². The Morgan fingerprint density at radius 1 is 0.434 bits per heavy atom. The van der Waals surface area contributed by atoms with Crippen molar-refractivity contribution in [3.63, 3.8) is 0 Å². The van der Waals surface area contributed by atoms with Gasteiger partial charge in [0.1, 0.15) is 6.61 Å². The van der Waals surface area contributed by atoms with Gasteiger partial charge >= 0.3 is 11.9 Å². The van der Waals surface area contributed by atoms with E-state index in [0.29, 0.717) is 12.8 Å². The third-order valence-corrected chi connectivity index (χ3v) is 9.85. The summed E-state index contributed by atoms with van der Waals surface area (Å²) >= 11 is 0. The molecule has 1 unspecified atom stereocenters. The van der Waals surface area contributed by atoms with Crippen LogP contribution in [-0.4, -0.2) is 36.4 Å². The largest absolute Gasteiger partial charge is 0.462 e. The van der Waals surface area contributed by atoms with Crippen LogP contribution in [0, 0.1) is 0 Å². The number of esters is 2. The highest BCUT2D eigenvalue weighted by Crippen LogP contribution is 2.15. The molecule has 5 nitrogen and oxygen atoms in total. The molecular weight excluding hydrogens is 657 g/mol. The Labute approximate surface area is 328 Å². The number of aliphatic hydroxyl groups excluding tert-OH is 1. The van der Waals surface area contributed by atoms with Crippen molar-refractivity contribution >= 4 is 11.9 Å². The van der Waals surface area contributed by atoms with Crippen LogP contribution in [0.1, 0.15) is 226 Å². The molecule has 0 aliphatic rings. The van der Waals surface area contributed by atoms with Gasteiger partial charge < -0.3 is 14.6 Å². The van der Waals surface area contributed by atoms with Crippen LogP contribution >= 0.6 is 0 Å². The number of carbonyl (C=O) groups excluding carboxylic acids is 2. The molecule has 1 atom stereocenters. The van der Waals surface area contributed by atoms with Crippen LogP contribution in [0.2, 0.25) is 0 Å². The fourth-order valence-corrected chi connectivity index (χ4v) is 6.37. The van der Waals surface area contributed by atoms with Gasteiger partial charge in [0.15, 0.2) is 6.10 Å². The lowest BCUT2D eigenvalue weighted by molar-refractivity contribution is -0.161. The average molecular weight is 743 g/mol. The Hall–Kier alpha value is -2.14. The van der Waals surface area contributed by atoms with Gasteiger partial charge in [-0.3, -0.25) is 9.59 Å². The lowest BCUT2D eigenvalue weighted by atomic mass is 10.0. The molecule has 0 aromatic carbocycles. The van der Waals surface area contributed by atoms with E-state index in [1.54, 1.807) is 0 Å². The zero-order valence-corrected chi connectivity index (χ0v) is 35.0. The third kappa shape index (κ3) is 42.5. The van der Waals surface area contributed by atoms with Crippen molar-refractivity contribution in [1.82, 2.24) is 0 Å². The Morgan fingerprint density at radius 3 is 1.17 bits per heavy atom. The van der Waals surface area contributed by atoms with Gasteiger partial charge in [-0.25, -0.2) is 0 Å². The SMILES string of the molecule is CCCC/C=C\C/C=C\CCCCCCCC(=O)OCC(CO)OC(=O)CCCCCCCCCCCCCCC/C=C\C/C=C\CCCCCCC. The highest BCUT2D eigenvalue weighted by molar-refractivity contribution is 5.70. The average Bonchev–Trinajstić information content (AvgIpc) is 3.16. The van der Waals surface area contributed by atoms with Crippen molar-refractivity contribution < 1.29 is 24.2 Å². The number of hydrogen-bond donors (Lipinski definition) is 1. The van der Waals surface area contributed by atoms with Crippen LogP contribution in [0.5, 0.6) is 0 Å². The molecule has 0 heterocycles. The van der Waals surface area contributed by atoms with Crippen molar-refractivity contribution in [3.05, 3.63) is 48.6 Å². The summed E-state index contributed by atoms with van der Waals surface area (Å²) in [6.45, 7) is 4.08. The number of hydrogen-bond acceptors (Lipinski definition) is 5. The standard InChI is InChI=1S/C48H86O5/c1-3-5-7-9-11-13-15-17-19-20-21-22-23-24-25-26-27-28-29-31-33-35-37-39-41-43-48(51)53-46(44-49)45-52-47(50)42-40-38-36-34-32-30-18-16-14-12-10-8-6-4-2/h10,12,15-18,20-21,46,49H,3-9,11,13-14,19,22-45H2,1-2H3/b12-10-,17-15-,18-16-,21-20-. The lowest BCUT2D eigenvalue weighted by Crippen LogP contribution is -2.28. The molecule has 0 bridgehead atoms. The monoisotopic (exact) mass is 743 g/mol. The van der Waals surface area contributed by atoms with Gasteiger partial charge in [-0.15, -0.1) is 0 Å². The first-order valence-corrected chi connectivity index (χ1v) is 22.7. The van der Waals surface area contributed by atoms with Gasteiger partial charge in [-0.05, 0) is 70.6 Å². The first kappa shape index (κ1) is 50.9. The van der Waals surface area contributed by atoms with Crippen molar-refractivity contribution in [2.75, 3.05) is 13.2 Å². The second kappa shape index (κ2) is 44.3. The molecular formula is C48H86O5. The predicted octanol–water partition coefficient (Wildman–Crippen LogP) is 14.6. The van der Waals surface area contributed by atoms with Crippen LogP contribution in [0.15, 0.2) is 48.6 Å². The molecule has 53 heavy (non-hydrogen) atoms. The maximum absolute atomic E-state index is 12.2. The molecule has 1 N–H and O–H groups in total. The summed E-state index contributed by atoms with van der Waals surface area (Å²) in [5, 5.41) is 9.58. The van der Waals surface area contributed by atoms with Gasteiger partial charge in [0.05, 0.1) is 6.61 Å². The van der Waals surface area contributed by atoms with Gasteiger partial charge in [0, 0.05) is 12.8 Å². The molecule has 308 valence electrons. The van der Waals surface area contributed by atoms with E-state index in [9.17, 15) is 14.7 Å². The quantitative estimate of drug-likeness (QED) is 0.0384. The Bertz CT molecular complexity index is 888. The van der Waals surface area contributed by atoms with E-state index in [0.717, 1.165) is 57.8 Å². The zero-order chi connectivity index (χ0) is 38.6. The fraction of sp³-hybridized carbons (Fsp3) is 0.792. The van der Waals surface area contributed by atoms with Crippen LogP contribution < -0.4 is 0 Å². The lowest BCUT2D eigenvalue weighted by Gasteiger charge is -2.15. The number of rotatable bonds is 41. The van der Waals surface area contributed by atoms with Crippen molar-refractivity contribution in [2.24, 2.45) is 0 Å². The number of allylic oxidation sites excluding steroid dienone is 8. The van der Waals surface area contributed by atoms with Crippen LogP contribution in [-0.2, 0) is 19.1 Å². The summed E-state index contributed by atoms with van der Waals surface area (Å²) in [6.07, 6.45) is 56.2.